The number of nitrogens with one attached hydrogen (secondary N) is 2. The van der Waals surface area contributed by atoms with E-state index in [4.69, 9.17) is 4.74 Å². The first-order valence-corrected chi connectivity index (χ1v) is 7.51. The van der Waals surface area contributed by atoms with E-state index in [0.717, 1.165) is 11.3 Å². The highest BCUT2D eigenvalue weighted by Gasteiger charge is 2.05. The molecule has 0 fully saturated rings. The summed E-state index contributed by atoms with van der Waals surface area (Å²) in [7, 11) is 1.68. The summed E-state index contributed by atoms with van der Waals surface area (Å²) in [5.74, 6) is 1.05. The predicted molar refractivity (Wildman–Crippen MR) is 89.2 cm³/mol. The molecule has 0 aliphatic carbocycles. The number of benzene rings is 1. The maximum atomic E-state index is 12.2. The van der Waals surface area contributed by atoms with E-state index in [1.165, 1.54) is 0 Å². The van der Waals surface area contributed by atoms with E-state index >= 15 is 0 Å². The summed E-state index contributed by atoms with van der Waals surface area (Å²) in [5.41, 5.74) is 1.81. The highest BCUT2D eigenvalue weighted by Crippen LogP contribution is 2.14. The topological polar surface area (TPSA) is 58.5 Å². The number of aliphatic imine (C=N–C) groups is 1. The van der Waals surface area contributed by atoms with Gasteiger partial charge in [0.15, 0.2) is 5.96 Å². The van der Waals surface area contributed by atoms with Crippen LogP contribution in [0.2, 0.25) is 0 Å². The molecule has 0 atom stereocenters. The summed E-state index contributed by atoms with van der Waals surface area (Å²) < 4.78 is 29.4. The largest absolute Gasteiger partial charge is 0.488 e. The van der Waals surface area contributed by atoms with Crippen molar-refractivity contribution in [2.45, 2.75) is 19.5 Å². The zero-order valence-corrected chi connectivity index (χ0v) is 13.4. The van der Waals surface area contributed by atoms with Crippen LogP contribution in [0.15, 0.2) is 53.7 Å². The van der Waals surface area contributed by atoms with Gasteiger partial charge in [0.2, 0.25) is 0 Å². The third-order valence-electron chi connectivity index (χ3n) is 3.12. The lowest BCUT2D eigenvalue weighted by atomic mass is 10.2. The van der Waals surface area contributed by atoms with Gasteiger partial charge in [-0.2, -0.15) is 0 Å². The molecule has 2 N–H and O–H groups in total. The van der Waals surface area contributed by atoms with Crippen LogP contribution in [0, 0.1) is 0 Å². The minimum absolute atomic E-state index is 0.422. The van der Waals surface area contributed by atoms with Gasteiger partial charge in [0.1, 0.15) is 12.4 Å². The Balaban J connectivity index is 1.83. The highest BCUT2D eigenvalue weighted by molar-refractivity contribution is 5.79. The average molecular weight is 334 g/mol. The lowest BCUT2D eigenvalue weighted by Crippen LogP contribution is -2.36. The van der Waals surface area contributed by atoms with Crippen LogP contribution in [0.5, 0.6) is 5.75 Å². The Morgan fingerprint density at radius 3 is 2.71 bits per heavy atom. The summed E-state index contributed by atoms with van der Waals surface area (Å²) in [6.07, 6.45) is -0.751. The van der Waals surface area contributed by atoms with Gasteiger partial charge >= 0.3 is 0 Å². The predicted octanol–water partition coefficient (Wildman–Crippen LogP) is 2.59. The first kappa shape index (κ1) is 17.7. The molecule has 5 nitrogen and oxygen atoms in total. The molecular formula is C17H20F2N4O. The van der Waals surface area contributed by atoms with E-state index in [9.17, 15) is 8.78 Å². The van der Waals surface area contributed by atoms with Crippen LogP contribution in [0.4, 0.5) is 8.78 Å². The quantitative estimate of drug-likeness (QED) is 0.604. The number of rotatable bonds is 7. The van der Waals surface area contributed by atoms with Crippen LogP contribution in [0.1, 0.15) is 11.3 Å². The lowest BCUT2D eigenvalue weighted by Gasteiger charge is -2.12. The molecule has 24 heavy (non-hydrogen) atoms. The Bertz CT molecular complexity index is 650. The van der Waals surface area contributed by atoms with Crippen LogP contribution < -0.4 is 15.4 Å². The number of guanidine groups is 1. The molecule has 128 valence electrons. The van der Waals surface area contributed by atoms with Crippen LogP contribution in [0.3, 0.4) is 0 Å². The second kappa shape index (κ2) is 9.44. The average Bonchev–Trinajstić information content (AvgIpc) is 2.61. The van der Waals surface area contributed by atoms with Crippen molar-refractivity contribution in [3.63, 3.8) is 0 Å². The van der Waals surface area contributed by atoms with Crippen molar-refractivity contribution in [3.8, 4) is 5.75 Å². The van der Waals surface area contributed by atoms with Crippen molar-refractivity contribution in [3.05, 3.63) is 59.9 Å². The molecule has 0 aliphatic rings. The van der Waals surface area contributed by atoms with Gasteiger partial charge in [0, 0.05) is 19.8 Å². The Hall–Kier alpha value is -2.70. The Kier molecular flexibility index (Phi) is 6.94. The van der Waals surface area contributed by atoms with Gasteiger partial charge in [-0.15, -0.1) is 0 Å². The number of nitrogens with zero attached hydrogens (tertiary/aromatic N) is 2. The molecule has 0 saturated heterocycles. The first-order chi connectivity index (χ1) is 11.7. The normalized spacial score (nSPS) is 11.4. The molecule has 0 aliphatic heterocycles. The SMILES string of the molecule is CN=C(NCc1cccc(OCC(F)F)c1)NCc1ccccn1. The third-order valence-corrected chi connectivity index (χ3v) is 3.12. The van der Waals surface area contributed by atoms with Gasteiger partial charge in [0.25, 0.3) is 6.43 Å². The molecule has 0 radical (unpaired) electrons. The molecule has 0 spiro atoms. The first-order valence-electron chi connectivity index (χ1n) is 7.51. The summed E-state index contributed by atoms with van der Waals surface area (Å²) in [4.78, 5) is 8.36. The molecule has 0 unspecified atom stereocenters. The van der Waals surface area contributed by atoms with Gasteiger partial charge in [-0.3, -0.25) is 9.98 Å². The molecule has 7 heteroatoms. The molecule has 1 heterocycles. The fraction of sp³-hybridized carbons (Fsp3) is 0.294. The van der Waals surface area contributed by atoms with Crippen molar-refractivity contribution in [1.82, 2.24) is 15.6 Å². The molecule has 1 aromatic heterocycles. The Morgan fingerprint density at radius 2 is 2.00 bits per heavy atom. The number of aromatic nitrogens is 1. The Morgan fingerprint density at radius 1 is 1.17 bits per heavy atom. The maximum Gasteiger partial charge on any atom is 0.272 e. The van der Waals surface area contributed by atoms with Crippen LogP contribution >= 0.6 is 0 Å². The van der Waals surface area contributed by atoms with Gasteiger partial charge in [-0.1, -0.05) is 18.2 Å². The van der Waals surface area contributed by atoms with Crippen molar-refractivity contribution in [2.75, 3.05) is 13.7 Å². The summed E-state index contributed by atoms with van der Waals surface area (Å²) in [5, 5.41) is 6.31. The van der Waals surface area contributed by atoms with Crippen LogP contribution in [-0.4, -0.2) is 31.0 Å². The highest BCUT2D eigenvalue weighted by atomic mass is 19.3. The number of ether oxygens (including phenoxy) is 1. The minimum Gasteiger partial charge on any atom is -0.488 e. The summed E-state index contributed by atoms with van der Waals surface area (Å²) >= 11 is 0. The molecule has 0 amide bonds. The third kappa shape index (κ3) is 6.20. The van der Waals surface area contributed by atoms with Crippen LogP contribution in [0.25, 0.3) is 0 Å². The van der Waals surface area contributed by atoms with Crippen molar-refractivity contribution < 1.29 is 13.5 Å². The number of pyridine rings is 1. The van der Waals surface area contributed by atoms with Gasteiger partial charge in [-0.05, 0) is 29.8 Å². The van der Waals surface area contributed by atoms with E-state index in [1.807, 2.05) is 24.3 Å². The number of hydrogen-bond acceptors (Lipinski definition) is 3. The lowest BCUT2D eigenvalue weighted by molar-refractivity contribution is 0.0818. The monoisotopic (exact) mass is 334 g/mol. The molecular weight excluding hydrogens is 314 g/mol. The number of hydrogen-bond donors (Lipinski definition) is 2. The summed E-state index contributed by atoms with van der Waals surface area (Å²) in [6.45, 7) is 0.440. The summed E-state index contributed by atoms with van der Waals surface area (Å²) in [6, 6.07) is 12.7. The van der Waals surface area contributed by atoms with Gasteiger partial charge in [0.05, 0.1) is 12.2 Å². The molecule has 0 bridgehead atoms. The maximum absolute atomic E-state index is 12.2. The second-order valence-corrected chi connectivity index (χ2v) is 4.95. The van der Waals surface area contributed by atoms with Crippen molar-refractivity contribution >= 4 is 5.96 Å². The van der Waals surface area contributed by atoms with E-state index < -0.39 is 13.0 Å². The van der Waals surface area contributed by atoms with Crippen molar-refractivity contribution in [2.24, 2.45) is 4.99 Å². The van der Waals surface area contributed by atoms with E-state index in [2.05, 4.69) is 20.6 Å². The van der Waals surface area contributed by atoms with Gasteiger partial charge in [-0.25, -0.2) is 8.78 Å². The fourth-order valence-corrected chi connectivity index (χ4v) is 1.99. The number of halogens is 2. The smallest absolute Gasteiger partial charge is 0.272 e. The molecule has 0 saturated carbocycles. The van der Waals surface area contributed by atoms with E-state index in [-0.39, 0.29) is 0 Å². The standard InChI is InChI=1S/C17H20F2N4O/c1-20-17(23-11-14-6-2-3-8-21-14)22-10-13-5-4-7-15(9-13)24-12-16(18)19/h2-9,16H,10-12H2,1H3,(H2,20,22,23). The second-order valence-electron chi connectivity index (χ2n) is 4.95. The fourth-order valence-electron chi connectivity index (χ4n) is 1.99. The molecule has 1 aromatic carbocycles. The zero-order valence-electron chi connectivity index (χ0n) is 13.4. The minimum atomic E-state index is -2.48. The zero-order chi connectivity index (χ0) is 17.2. The molecule has 2 rings (SSSR count). The van der Waals surface area contributed by atoms with Crippen LogP contribution in [-0.2, 0) is 13.1 Å². The number of alkyl halides is 2. The molecule has 2 aromatic rings. The van der Waals surface area contributed by atoms with Gasteiger partial charge < -0.3 is 15.4 Å². The van der Waals surface area contributed by atoms with Crippen molar-refractivity contribution in [1.29, 1.82) is 0 Å². The van der Waals surface area contributed by atoms with E-state index in [0.29, 0.717) is 24.8 Å². The van der Waals surface area contributed by atoms with E-state index in [1.54, 1.807) is 31.4 Å². The Labute approximate surface area is 139 Å².